The number of esters is 1. The van der Waals surface area contributed by atoms with Crippen molar-refractivity contribution < 1.29 is 33.0 Å². The molecule has 190 valence electrons. The fraction of sp³-hybridized carbons (Fsp3) is 0.240. The molecule has 0 fully saturated rings. The highest BCUT2D eigenvalue weighted by Gasteiger charge is 2.29. The van der Waals surface area contributed by atoms with E-state index in [1.54, 1.807) is 6.92 Å². The SMILES string of the molecule is COc1ccnc(C(=O)N[C@@H](C)C(=O)O[C@@H](C)C(c2ccc(Cl)c(F)c2)c2ccc(Cl)c(F)c2)c1O. The van der Waals surface area contributed by atoms with Gasteiger partial charge in [0.1, 0.15) is 23.8 Å². The number of hydrogen-bond donors (Lipinski definition) is 2. The average Bonchev–Trinajstić information content (AvgIpc) is 2.83. The number of aromatic nitrogens is 1. The number of hydrogen-bond acceptors (Lipinski definition) is 6. The van der Waals surface area contributed by atoms with Crippen LogP contribution in [-0.2, 0) is 9.53 Å². The van der Waals surface area contributed by atoms with Gasteiger partial charge in [0.25, 0.3) is 5.91 Å². The highest BCUT2D eigenvalue weighted by molar-refractivity contribution is 6.31. The molecule has 0 unspecified atom stereocenters. The minimum atomic E-state index is -1.16. The molecule has 0 bridgehead atoms. The Balaban J connectivity index is 1.82. The lowest BCUT2D eigenvalue weighted by atomic mass is 9.87. The first-order chi connectivity index (χ1) is 17.0. The van der Waals surface area contributed by atoms with Crippen molar-refractivity contribution in [3.8, 4) is 11.5 Å². The maximum Gasteiger partial charge on any atom is 0.328 e. The number of carbonyl (C=O) groups excluding carboxylic acids is 2. The van der Waals surface area contributed by atoms with E-state index in [0.717, 1.165) is 0 Å². The first kappa shape index (κ1) is 27.2. The Morgan fingerprint density at radius 2 is 1.56 bits per heavy atom. The van der Waals surface area contributed by atoms with Gasteiger partial charge >= 0.3 is 5.97 Å². The molecule has 0 saturated carbocycles. The predicted molar refractivity (Wildman–Crippen MR) is 130 cm³/mol. The third-order valence-electron chi connectivity index (χ3n) is 5.40. The molecule has 0 saturated heterocycles. The van der Waals surface area contributed by atoms with Crippen LogP contribution >= 0.6 is 23.2 Å². The zero-order valence-electron chi connectivity index (χ0n) is 19.4. The average molecular weight is 539 g/mol. The van der Waals surface area contributed by atoms with Gasteiger partial charge in [-0.15, -0.1) is 0 Å². The van der Waals surface area contributed by atoms with E-state index in [2.05, 4.69) is 10.3 Å². The molecule has 0 aliphatic carbocycles. The minimum Gasteiger partial charge on any atom is -0.503 e. The number of pyridine rings is 1. The first-order valence-electron chi connectivity index (χ1n) is 10.7. The van der Waals surface area contributed by atoms with Crippen LogP contribution in [0.25, 0.3) is 0 Å². The van der Waals surface area contributed by atoms with E-state index in [-0.39, 0.29) is 21.5 Å². The summed E-state index contributed by atoms with van der Waals surface area (Å²) in [6, 6.07) is 8.32. The number of nitrogens with zero attached hydrogens (tertiary/aromatic N) is 1. The van der Waals surface area contributed by atoms with Crippen molar-refractivity contribution in [2.45, 2.75) is 31.9 Å². The minimum absolute atomic E-state index is 0.0345. The number of aromatic hydroxyl groups is 1. The van der Waals surface area contributed by atoms with E-state index in [1.165, 1.54) is 62.7 Å². The molecule has 2 atom stereocenters. The number of carbonyl (C=O) groups is 2. The second-order valence-corrected chi connectivity index (χ2v) is 8.69. The van der Waals surface area contributed by atoms with Gasteiger partial charge in [-0.1, -0.05) is 35.3 Å². The monoisotopic (exact) mass is 538 g/mol. The quantitative estimate of drug-likeness (QED) is 0.379. The van der Waals surface area contributed by atoms with Crippen LogP contribution in [0.4, 0.5) is 8.78 Å². The largest absolute Gasteiger partial charge is 0.503 e. The summed E-state index contributed by atoms with van der Waals surface area (Å²) in [6.07, 6.45) is 0.334. The highest BCUT2D eigenvalue weighted by atomic mass is 35.5. The molecule has 11 heteroatoms. The summed E-state index contributed by atoms with van der Waals surface area (Å²) >= 11 is 11.6. The first-order valence-corrected chi connectivity index (χ1v) is 11.4. The third-order valence-corrected chi connectivity index (χ3v) is 6.01. The zero-order chi connectivity index (χ0) is 26.6. The summed E-state index contributed by atoms with van der Waals surface area (Å²) in [7, 11) is 1.31. The Morgan fingerprint density at radius 3 is 2.06 bits per heavy atom. The molecule has 7 nitrogen and oxygen atoms in total. The van der Waals surface area contributed by atoms with Gasteiger partial charge in [-0.25, -0.2) is 18.6 Å². The summed E-state index contributed by atoms with van der Waals surface area (Å²) in [5, 5.41) is 12.3. The lowest BCUT2D eigenvalue weighted by Crippen LogP contribution is -2.41. The lowest BCUT2D eigenvalue weighted by molar-refractivity contribution is -0.150. The maximum atomic E-state index is 14.2. The van der Waals surface area contributed by atoms with Crippen LogP contribution < -0.4 is 10.1 Å². The zero-order valence-corrected chi connectivity index (χ0v) is 20.9. The topological polar surface area (TPSA) is 97.8 Å². The van der Waals surface area contributed by atoms with E-state index >= 15 is 0 Å². The van der Waals surface area contributed by atoms with Gasteiger partial charge in [0.15, 0.2) is 17.2 Å². The number of rotatable bonds is 8. The summed E-state index contributed by atoms with van der Waals surface area (Å²) in [5.41, 5.74) is 0.412. The lowest BCUT2D eigenvalue weighted by Gasteiger charge is -2.27. The second-order valence-electron chi connectivity index (χ2n) is 7.87. The van der Waals surface area contributed by atoms with E-state index < -0.39 is 47.3 Å². The Kier molecular flexibility index (Phi) is 8.70. The van der Waals surface area contributed by atoms with Crippen LogP contribution in [-0.4, -0.2) is 41.2 Å². The van der Waals surface area contributed by atoms with Gasteiger partial charge < -0.3 is 19.9 Å². The summed E-state index contributed by atoms with van der Waals surface area (Å²) in [6.45, 7) is 2.93. The van der Waals surface area contributed by atoms with E-state index in [4.69, 9.17) is 32.7 Å². The van der Waals surface area contributed by atoms with Gasteiger partial charge in [-0.05, 0) is 49.2 Å². The maximum absolute atomic E-state index is 14.2. The van der Waals surface area contributed by atoms with Gasteiger partial charge in [-0.3, -0.25) is 4.79 Å². The predicted octanol–water partition coefficient (Wildman–Crippen LogP) is 5.26. The molecule has 2 N–H and O–H groups in total. The number of nitrogens with one attached hydrogen (secondary N) is 1. The van der Waals surface area contributed by atoms with Gasteiger partial charge in [-0.2, -0.15) is 0 Å². The Morgan fingerprint density at radius 1 is 1.00 bits per heavy atom. The van der Waals surface area contributed by atoms with Crippen molar-refractivity contribution in [2.75, 3.05) is 7.11 Å². The molecule has 2 aromatic carbocycles. The Bertz CT molecular complexity index is 1240. The van der Waals surface area contributed by atoms with Crippen LogP contribution in [0.2, 0.25) is 10.0 Å². The molecule has 0 aliphatic heterocycles. The summed E-state index contributed by atoms with van der Waals surface area (Å²) in [5.74, 6) is -4.30. The molecular weight excluding hydrogens is 517 g/mol. The van der Waals surface area contributed by atoms with Crippen molar-refractivity contribution in [1.29, 1.82) is 0 Å². The highest BCUT2D eigenvalue weighted by Crippen LogP contribution is 2.34. The molecule has 0 aliphatic rings. The number of benzene rings is 2. The van der Waals surface area contributed by atoms with Crippen LogP contribution in [0.15, 0.2) is 48.7 Å². The molecule has 1 heterocycles. The standard InChI is InChI=1S/C25H22Cl2F2N2O5/c1-12(31-24(33)22-23(32)20(35-3)8-9-30-22)25(34)36-13(2)21(14-4-6-16(26)18(28)10-14)15-5-7-17(27)19(29)11-15/h4-13,21,32H,1-3H3,(H,31,33)/t12-,13-/m0/s1. The van der Waals surface area contributed by atoms with Crippen molar-refractivity contribution in [3.63, 3.8) is 0 Å². The smallest absolute Gasteiger partial charge is 0.328 e. The Labute approximate surface area is 216 Å². The molecular formula is C25H22Cl2F2N2O5. The van der Waals surface area contributed by atoms with Crippen LogP contribution in [0.5, 0.6) is 11.5 Å². The van der Waals surface area contributed by atoms with Gasteiger partial charge in [0, 0.05) is 18.2 Å². The van der Waals surface area contributed by atoms with Crippen molar-refractivity contribution in [2.24, 2.45) is 0 Å². The molecule has 3 aromatic rings. The second kappa shape index (κ2) is 11.5. The summed E-state index contributed by atoms with van der Waals surface area (Å²) < 4.78 is 39.0. The fourth-order valence-electron chi connectivity index (χ4n) is 3.59. The van der Waals surface area contributed by atoms with Crippen molar-refractivity contribution >= 4 is 35.1 Å². The Hall–Kier alpha value is -3.43. The third kappa shape index (κ3) is 6.03. The van der Waals surface area contributed by atoms with E-state index in [9.17, 15) is 23.5 Å². The molecule has 0 radical (unpaired) electrons. The van der Waals surface area contributed by atoms with Crippen molar-refractivity contribution in [3.05, 3.63) is 87.2 Å². The van der Waals surface area contributed by atoms with Crippen LogP contribution in [0.3, 0.4) is 0 Å². The summed E-state index contributed by atoms with van der Waals surface area (Å²) in [4.78, 5) is 29.2. The number of methoxy groups -OCH3 is 1. The van der Waals surface area contributed by atoms with Crippen LogP contribution in [0, 0.1) is 11.6 Å². The van der Waals surface area contributed by atoms with Crippen LogP contribution in [0.1, 0.15) is 41.4 Å². The number of amides is 1. The molecule has 36 heavy (non-hydrogen) atoms. The molecule has 0 spiro atoms. The number of ether oxygens (including phenoxy) is 2. The normalized spacial score (nSPS) is 12.7. The molecule has 1 amide bonds. The van der Waals surface area contributed by atoms with E-state index in [1.807, 2.05) is 0 Å². The van der Waals surface area contributed by atoms with E-state index in [0.29, 0.717) is 11.1 Å². The fourth-order valence-corrected chi connectivity index (χ4v) is 3.83. The number of halogens is 4. The van der Waals surface area contributed by atoms with Crippen molar-refractivity contribution in [1.82, 2.24) is 10.3 Å². The van der Waals surface area contributed by atoms with Gasteiger partial charge in [0.05, 0.1) is 17.2 Å². The molecule has 1 aromatic heterocycles. The van der Waals surface area contributed by atoms with Gasteiger partial charge in [0.2, 0.25) is 0 Å². The molecule has 3 rings (SSSR count).